The molecule has 0 rings (SSSR count). The van der Waals surface area contributed by atoms with Gasteiger partial charge < -0.3 is 4.74 Å². The molecule has 1 nitrogen and oxygen atoms in total. The predicted octanol–water partition coefficient (Wildman–Crippen LogP) is 3.44. The van der Waals surface area contributed by atoms with Gasteiger partial charge in [-0.2, -0.15) is 0 Å². The molecular weight excluding hydrogens is 183 g/mol. The van der Waals surface area contributed by atoms with Crippen LogP contribution in [0.3, 0.4) is 0 Å². The Morgan fingerprint density at radius 2 is 1.60 bits per heavy atom. The fourth-order valence-corrected chi connectivity index (χ4v) is 1.34. The lowest BCUT2D eigenvalue weighted by Crippen LogP contribution is -2.26. The van der Waals surface area contributed by atoms with Crippen LogP contribution in [-0.2, 0) is 4.74 Å². The van der Waals surface area contributed by atoms with E-state index in [1.807, 2.05) is 0 Å². The molecule has 0 aliphatic rings. The Balaban J connectivity index is 3.74. The van der Waals surface area contributed by atoms with E-state index in [1.54, 1.807) is 0 Å². The number of ether oxygens (including phenoxy) is 1. The second-order valence-corrected chi connectivity index (χ2v) is 6.85. The third-order valence-electron chi connectivity index (χ3n) is 2.67. The van der Waals surface area contributed by atoms with Crippen molar-refractivity contribution in [2.75, 3.05) is 6.61 Å². The lowest BCUT2D eigenvalue weighted by atomic mass is 9.70. The molecule has 0 fully saturated rings. The van der Waals surface area contributed by atoms with Gasteiger partial charge in [0.2, 0.25) is 0 Å². The third-order valence-corrected chi connectivity index (χ3v) is 2.67. The van der Waals surface area contributed by atoms with Crippen molar-refractivity contribution >= 4 is 7.85 Å². The minimum Gasteiger partial charge on any atom is -0.376 e. The molecule has 0 spiro atoms. The molecule has 0 N–H and O–H groups in total. The molecule has 0 radical (unpaired) electrons. The van der Waals surface area contributed by atoms with Gasteiger partial charge in [-0.3, -0.25) is 0 Å². The van der Waals surface area contributed by atoms with Crippen LogP contribution in [0.5, 0.6) is 0 Å². The van der Waals surface area contributed by atoms with Crippen LogP contribution in [0, 0.1) is 5.92 Å². The van der Waals surface area contributed by atoms with E-state index in [9.17, 15) is 0 Å². The van der Waals surface area contributed by atoms with Gasteiger partial charge in [0, 0.05) is 6.61 Å². The van der Waals surface area contributed by atoms with Gasteiger partial charge in [0.1, 0.15) is 7.85 Å². The second kappa shape index (κ2) is 5.93. The van der Waals surface area contributed by atoms with Crippen LogP contribution in [0.15, 0.2) is 0 Å². The van der Waals surface area contributed by atoms with Crippen LogP contribution < -0.4 is 0 Å². The Hall–Kier alpha value is 0.0249. The molecule has 0 aliphatic carbocycles. The first-order valence-electron chi connectivity index (χ1n) is 6.26. The quantitative estimate of drug-likeness (QED) is 0.587. The summed E-state index contributed by atoms with van der Waals surface area (Å²) in [5, 5.41) is 0.383. The van der Waals surface area contributed by atoms with Crippen LogP contribution in [0.25, 0.3) is 0 Å². The van der Waals surface area contributed by atoms with Crippen LogP contribution in [0.1, 0.15) is 60.8 Å². The first-order valence-corrected chi connectivity index (χ1v) is 6.26. The summed E-state index contributed by atoms with van der Waals surface area (Å²) in [5.41, 5.74) is 0.0511. The SMILES string of the molecule is BC(C)(C)CCOC(C)(C)CCC(C)C. The topological polar surface area (TPSA) is 9.23 Å². The summed E-state index contributed by atoms with van der Waals surface area (Å²) in [6.45, 7) is 14.4. The van der Waals surface area contributed by atoms with E-state index in [0.29, 0.717) is 5.31 Å². The van der Waals surface area contributed by atoms with Gasteiger partial charge in [0.25, 0.3) is 0 Å². The van der Waals surface area contributed by atoms with Gasteiger partial charge in [-0.15, -0.1) is 0 Å². The highest BCUT2D eigenvalue weighted by Gasteiger charge is 2.20. The van der Waals surface area contributed by atoms with Crippen molar-refractivity contribution in [2.24, 2.45) is 5.92 Å². The minimum atomic E-state index is 0.0511. The molecule has 0 saturated carbocycles. The van der Waals surface area contributed by atoms with E-state index in [-0.39, 0.29) is 5.60 Å². The molecule has 0 heterocycles. The molecule has 0 aromatic heterocycles. The molecule has 0 unspecified atom stereocenters. The minimum absolute atomic E-state index is 0.0511. The number of hydrogen-bond acceptors (Lipinski definition) is 1. The lowest BCUT2D eigenvalue weighted by Gasteiger charge is -2.28. The van der Waals surface area contributed by atoms with Crippen molar-refractivity contribution in [2.45, 2.75) is 71.7 Å². The van der Waals surface area contributed by atoms with Gasteiger partial charge in [-0.25, -0.2) is 0 Å². The summed E-state index contributed by atoms with van der Waals surface area (Å²) in [6, 6.07) is 0. The Labute approximate surface area is 97.4 Å². The van der Waals surface area contributed by atoms with Crippen molar-refractivity contribution in [1.82, 2.24) is 0 Å². The summed E-state index contributed by atoms with van der Waals surface area (Å²) in [6.07, 6.45) is 3.55. The number of rotatable bonds is 7. The Bertz CT molecular complexity index is 168. The molecule has 0 atom stereocenters. The van der Waals surface area contributed by atoms with Gasteiger partial charge in [0.15, 0.2) is 0 Å². The van der Waals surface area contributed by atoms with Crippen LogP contribution in [-0.4, -0.2) is 20.1 Å². The maximum atomic E-state index is 5.96. The molecule has 0 aromatic rings. The molecule has 90 valence electrons. The zero-order valence-electron chi connectivity index (χ0n) is 11.8. The maximum absolute atomic E-state index is 5.96. The van der Waals surface area contributed by atoms with Crippen LogP contribution in [0.2, 0.25) is 5.31 Å². The maximum Gasteiger partial charge on any atom is 0.108 e. The molecule has 0 aliphatic heterocycles. The lowest BCUT2D eigenvalue weighted by molar-refractivity contribution is -0.0300. The van der Waals surface area contributed by atoms with Crippen LogP contribution in [0.4, 0.5) is 0 Å². The van der Waals surface area contributed by atoms with Gasteiger partial charge in [-0.05, 0) is 39.0 Å². The van der Waals surface area contributed by atoms with Gasteiger partial charge >= 0.3 is 0 Å². The summed E-state index contributed by atoms with van der Waals surface area (Å²) >= 11 is 0. The molecule has 0 bridgehead atoms. The average molecular weight is 212 g/mol. The van der Waals surface area contributed by atoms with E-state index in [0.717, 1.165) is 25.4 Å². The molecule has 0 aromatic carbocycles. The number of hydrogen-bond donors (Lipinski definition) is 0. The fourth-order valence-electron chi connectivity index (χ4n) is 1.34. The van der Waals surface area contributed by atoms with E-state index in [1.165, 1.54) is 6.42 Å². The third kappa shape index (κ3) is 10.3. The van der Waals surface area contributed by atoms with Crippen molar-refractivity contribution in [3.05, 3.63) is 0 Å². The van der Waals surface area contributed by atoms with Gasteiger partial charge in [-0.1, -0.05) is 33.0 Å². The highest BCUT2D eigenvalue weighted by Crippen LogP contribution is 2.26. The van der Waals surface area contributed by atoms with Gasteiger partial charge in [0.05, 0.1) is 5.60 Å². The highest BCUT2D eigenvalue weighted by molar-refractivity contribution is 6.14. The van der Waals surface area contributed by atoms with E-state index in [2.05, 4.69) is 49.4 Å². The Kier molecular flexibility index (Phi) is 5.94. The largest absolute Gasteiger partial charge is 0.376 e. The summed E-state index contributed by atoms with van der Waals surface area (Å²) in [4.78, 5) is 0. The molecule has 0 saturated heterocycles. The van der Waals surface area contributed by atoms with Crippen molar-refractivity contribution in [3.63, 3.8) is 0 Å². The normalized spacial score (nSPS) is 13.5. The standard InChI is InChI=1S/C13H29BO/c1-11(2)7-8-13(5,6)15-10-9-12(3,4)14/h11H,7-10,14H2,1-6H3. The summed E-state index contributed by atoms with van der Waals surface area (Å²) in [5.74, 6) is 0.774. The summed E-state index contributed by atoms with van der Waals surface area (Å²) < 4.78 is 5.96. The second-order valence-electron chi connectivity index (χ2n) is 6.85. The first kappa shape index (κ1) is 15.0. The highest BCUT2D eigenvalue weighted by atomic mass is 16.5. The molecule has 2 heteroatoms. The average Bonchev–Trinajstić information content (AvgIpc) is 1.98. The van der Waals surface area contributed by atoms with Crippen LogP contribution >= 0.6 is 0 Å². The van der Waals surface area contributed by atoms with Crippen molar-refractivity contribution in [1.29, 1.82) is 0 Å². The zero-order chi connectivity index (χ0) is 12.1. The van der Waals surface area contributed by atoms with E-state index in [4.69, 9.17) is 4.74 Å². The van der Waals surface area contributed by atoms with E-state index < -0.39 is 0 Å². The fraction of sp³-hybridized carbons (Fsp3) is 1.00. The first-order chi connectivity index (χ1) is 6.62. The molecule has 15 heavy (non-hydrogen) atoms. The zero-order valence-corrected chi connectivity index (χ0v) is 11.8. The van der Waals surface area contributed by atoms with E-state index >= 15 is 0 Å². The monoisotopic (exact) mass is 212 g/mol. The smallest absolute Gasteiger partial charge is 0.108 e. The molecular formula is C13H29BO. The Morgan fingerprint density at radius 3 is 2.00 bits per heavy atom. The summed E-state index contributed by atoms with van der Waals surface area (Å²) in [7, 11) is 2.26. The molecule has 0 amide bonds. The Morgan fingerprint density at radius 1 is 1.07 bits per heavy atom. The van der Waals surface area contributed by atoms with Crippen molar-refractivity contribution in [3.8, 4) is 0 Å². The van der Waals surface area contributed by atoms with Crippen molar-refractivity contribution < 1.29 is 4.74 Å². The predicted molar refractivity (Wildman–Crippen MR) is 71.3 cm³/mol.